The van der Waals surface area contributed by atoms with Crippen LogP contribution in [0.3, 0.4) is 0 Å². The number of hydrogen-bond acceptors (Lipinski definition) is 5. The van der Waals surface area contributed by atoms with Gasteiger partial charge in [-0.2, -0.15) is 0 Å². The fourth-order valence-electron chi connectivity index (χ4n) is 1.26. The van der Waals surface area contributed by atoms with Gasteiger partial charge in [0.1, 0.15) is 6.04 Å². The van der Waals surface area contributed by atoms with E-state index in [1.807, 2.05) is 41.5 Å². The molecule has 18 heavy (non-hydrogen) atoms. The molecule has 0 heterocycles. The van der Waals surface area contributed by atoms with Gasteiger partial charge >= 0.3 is 0 Å². The summed E-state index contributed by atoms with van der Waals surface area (Å²) in [5.74, 6) is 0.00556. The van der Waals surface area contributed by atoms with Crippen molar-refractivity contribution in [2.45, 2.75) is 72.1 Å². The lowest BCUT2D eigenvalue weighted by Gasteiger charge is -2.37. The van der Waals surface area contributed by atoms with Crippen LogP contribution in [0.1, 0.15) is 54.9 Å². The maximum absolute atomic E-state index is 11.9. The average Bonchev–Trinajstić information content (AvgIpc) is 2.13. The summed E-state index contributed by atoms with van der Waals surface area (Å²) < 4.78 is 0. The third-order valence-electron chi connectivity index (χ3n) is 1.93. The minimum absolute atomic E-state index is 0.00556. The van der Waals surface area contributed by atoms with Crippen molar-refractivity contribution in [3.8, 4) is 0 Å². The number of nitrogens with two attached hydrogens (primary N) is 1. The summed E-state index contributed by atoms with van der Waals surface area (Å²) in [6.07, 6.45) is 0.402. The van der Waals surface area contributed by atoms with E-state index in [0.29, 0.717) is 6.42 Å². The molecule has 0 aromatic heterocycles. The third-order valence-corrected chi connectivity index (χ3v) is 1.93. The molecule has 1 unspecified atom stereocenters. The van der Waals surface area contributed by atoms with E-state index in [-0.39, 0.29) is 12.3 Å². The molecule has 5 heteroatoms. The Balaban J connectivity index is 4.99. The molecule has 0 rings (SSSR count). The summed E-state index contributed by atoms with van der Waals surface area (Å²) in [4.78, 5) is 23.3. The highest BCUT2D eigenvalue weighted by atomic mass is 17.0. The average molecular weight is 260 g/mol. The van der Waals surface area contributed by atoms with Crippen LogP contribution in [-0.4, -0.2) is 34.8 Å². The van der Waals surface area contributed by atoms with Gasteiger partial charge in [-0.15, -0.1) is 0 Å². The first-order chi connectivity index (χ1) is 8.00. The van der Waals surface area contributed by atoms with Crippen molar-refractivity contribution in [2.24, 2.45) is 5.73 Å². The van der Waals surface area contributed by atoms with E-state index in [1.54, 1.807) is 6.92 Å². The number of Topliss-reactive ketones (excluding diaryl/α,β-unsaturated/α-hetero) is 1. The largest absolute Gasteiger partial charge is 0.328 e. The Morgan fingerprint density at radius 2 is 1.50 bits per heavy atom. The predicted molar refractivity (Wildman–Crippen MR) is 71.7 cm³/mol. The number of carbonyl (C=O) groups excluding carboxylic acids is 1. The molecule has 0 radical (unpaired) electrons. The Kier molecular flexibility index (Phi) is 6.43. The lowest BCUT2D eigenvalue weighted by atomic mass is 10.1. The van der Waals surface area contributed by atoms with Gasteiger partial charge in [-0.3, -0.25) is 14.5 Å². The van der Waals surface area contributed by atoms with Crippen LogP contribution < -0.4 is 5.73 Å². The molecule has 2 N–H and O–H groups in total. The summed E-state index contributed by atoms with van der Waals surface area (Å²) >= 11 is 0. The van der Waals surface area contributed by atoms with Gasteiger partial charge in [-0.25, -0.2) is 0 Å². The summed E-state index contributed by atoms with van der Waals surface area (Å²) in [6, 6.07) is -0.576. The smallest absolute Gasteiger partial charge is 0.155 e. The molecule has 5 nitrogen and oxygen atoms in total. The molecule has 0 aromatic carbocycles. The molecule has 0 bridgehead atoms. The molecule has 0 aliphatic carbocycles. The van der Waals surface area contributed by atoms with Crippen LogP contribution >= 0.6 is 0 Å². The number of rotatable bonds is 6. The standard InChI is InChI=1S/C13H28N2O3/c1-8-11(16)10(9-14)15(17-12(2,3)4)18-13(5,6)7/h10H,8-9,14H2,1-7H3. The van der Waals surface area contributed by atoms with E-state index < -0.39 is 17.2 Å². The highest BCUT2D eigenvalue weighted by Gasteiger charge is 2.32. The highest BCUT2D eigenvalue weighted by molar-refractivity contribution is 5.83. The van der Waals surface area contributed by atoms with Crippen molar-refractivity contribution >= 4 is 5.78 Å². The SMILES string of the molecule is CCC(=O)C(CN)N(OC(C)(C)C)OC(C)(C)C. The lowest BCUT2D eigenvalue weighted by molar-refractivity contribution is -0.438. The minimum atomic E-state index is -0.576. The van der Waals surface area contributed by atoms with E-state index in [9.17, 15) is 4.79 Å². The van der Waals surface area contributed by atoms with Crippen molar-refractivity contribution in [1.82, 2.24) is 5.23 Å². The maximum Gasteiger partial charge on any atom is 0.155 e. The first-order valence-corrected chi connectivity index (χ1v) is 6.40. The number of nitrogens with zero attached hydrogens (tertiary/aromatic N) is 1. The third kappa shape index (κ3) is 7.06. The quantitative estimate of drug-likeness (QED) is 0.740. The Labute approximate surface area is 111 Å². The van der Waals surface area contributed by atoms with Crippen molar-refractivity contribution in [3.63, 3.8) is 0 Å². The molecule has 108 valence electrons. The summed E-state index contributed by atoms with van der Waals surface area (Å²) in [6.45, 7) is 13.4. The van der Waals surface area contributed by atoms with Crippen molar-refractivity contribution in [3.05, 3.63) is 0 Å². The van der Waals surface area contributed by atoms with Gasteiger partial charge in [0.05, 0.1) is 11.2 Å². The van der Waals surface area contributed by atoms with E-state index >= 15 is 0 Å². The van der Waals surface area contributed by atoms with Crippen LogP contribution in [0.2, 0.25) is 0 Å². The second-order valence-electron chi connectivity index (χ2n) is 6.26. The second-order valence-corrected chi connectivity index (χ2v) is 6.26. The lowest BCUT2D eigenvalue weighted by Crippen LogP contribution is -2.51. The number of carbonyl (C=O) groups is 1. The first kappa shape index (κ1) is 17.5. The van der Waals surface area contributed by atoms with Crippen LogP contribution in [0, 0.1) is 0 Å². The maximum atomic E-state index is 11.9. The van der Waals surface area contributed by atoms with Crippen LogP contribution in [0.5, 0.6) is 0 Å². The normalized spacial score (nSPS) is 14.9. The summed E-state index contributed by atoms with van der Waals surface area (Å²) in [5.41, 5.74) is 4.76. The second kappa shape index (κ2) is 6.61. The fourth-order valence-corrected chi connectivity index (χ4v) is 1.26. The first-order valence-electron chi connectivity index (χ1n) is 6.40. The van der Waals surface area contributed by atoms with Gasteiger partial charge in [0.2, 0.25) is 0 Å². The topological polar surface area (TPSA) is 64.8 Å². The number of hydrogen-bond donors (Lipinski definition) is 1. The summed E-state index contributed by atoms with van der Waals surface area (Å²) in [7, 11) is 0. The molecule has 0 spiro atoms. The van der Waals surface area contributed by atoms with Crippen molar-refractivity contribution in [2.75, 3.05) is 6.54 Å². The van der Waals surface area contributed by atoms with Crippen LogP contribution in [-0.2, 0) is 14.5 Å². The monoisotopic (exact) mass is 260 g/mol. The van der Waals surface area contributed by atoms with Gasteiger partial charge in [0.15, 0.2) is 5.78 Å². The van der Waals surface area contributed by atoms with Gasteiger partial charge in [-0.05, 0) is 41.5 Å². The zero-order valence-electron chi connectivity index (χ0n) is 12.7. The Bertz CT molecular complexity index is 250. The molecule has 0 fully saturated rings. The molecule has 0 aromatic rings. The summed E-state index contributed by atoms with van der Waals surface area (Å²) in [5, 5.41) is 1.27. The number of hydroxylamine groups is 2. The van der Waals surface area contributed by atoms with Crippen molar-refractivity contribution in [1.29, 1.82) is 0 Å². The zero-order chi connectivity index (χ0) is 14.6. The predicted octanol–water partition coefficient (Wildman–Crippen LogP) is 2.05. The van der Waals surface area contributed by atoms with Gasteiger partial charge in [0, 0.05) is 13.0 Å². The number of ketones is 1. The van der Waals surface area contributed by atoms with Crippen LogP contribution in [0.25, 0.3) is 0 Å². The molecular formula is C13H28N2O3. The van der Waals surface area contributed by atoms with E-state index in [0.717, 1.165) is 0 Å². The van der Waals surface area contributed by atoms with E-state index in [2.05, 4.69) is 0 Å². The fraction of sp³-hybridized carbons (Fsp3) is 0.923. The van der Waals surface area contributed by atoms with Gasteiger partial charge in [-0.1, -0.05) is 12.2 Å². The Hall–Kier alpha value is -0.490. The van der Waals surface area contributed by atoms with Crippen LogP contribution in [0.15, 0.2) is 0 Å². The van der Waals surface area contributed by atoms with E-state index in [1.165, 1.54) is 5.23 Å². The Morgan fingerprint density at radius 3 is 1.72 bits per heavy atom. The van der Waals surface area contributed by atoms with E-state index in [4.69, 9.17) is 15.4 Å². The molecule has 0 amide bonds. The van der Waals surface area contributed by atoms with Gasteiger partial charge < -0.3 is 5.73 Å². The molecule has 0 saturated carbocycles. The molecule has 0 aliphatic heterocycles. The molecule has 1 atom stereocenters. The highest BCUT2D eigenvalue weighted by Crippen LogP contribution is 2.19. The molecule has 0 aliphatic rings. The minimum Gasteiger partial charge on any atom is -0.328 e. The Morgan fingerprint density at radius 1 is 1.11 bits per heavy atom. The molecule has 0 saturated heterocycles. The zero-order valence-corrected chi connectivity index (χ0v) is 12.7. The van der Waals surface area contributed by atoms with Crippen LogP contribution in [0.4, 0.5) is 0 Å². The van der Waals surface area contributed by atoms with Crippen molar-refractivity contribution < 1.29 is 14.5 Å². The molecular weight excluding hydrogens is 232 g/mol. The van der Waals surface area contributed by atoms with Gasteiger partial charge in [0.25, 0.3) is 0 Å².